The highest BCUT2D eigenvalue weighted by molar-refractivity contribution is 7.94. The number of nitrogens with one attached hydrogen (secondary N) is 1. The second kappa shape index (κ2) is 6.70. The quantitative estimate of drug-likeness (QED) is 0.654. The minimum absolute atomic E-state index is 0.135. The Morgan fingerprint density at radius 2 is 2.11 bits per heavy atom. The smallest absolute Gasteiger partial charge is 0.293 e. The molecular weight excluding hydrogens is 404 g/mol. The maximum atomic E-state index is 13.1. The van der Waals surface area contributed by atoms with Crippen molar-refractivity contribution in [3.63, 3.8) is 0 Å². The number of anilines is 2. The summed E-state index contributed by atoms with van der Waals surface area (Å²) in [5, 5.41) is 12.2. The summed E-state index contributed by atoms with van der Waals surface area (Å²) in [7, 11) is -3.85. The molecule has 0 saturated carbocycles. The lowest BCUT2D eigenvalue weighted by atomic mass is 10.1. The molecule has 0 radical (unpaired) electrons. The maximum Gasteiger partial charge on any atom is 0.293 e. The van der Waals surface area contributed by atoms with Crippen LogP contribution in [0.1, 0.15) is 27.7 Å². The van der Waals surface area contributed by atoms with Gasteiger partial charge in [0.25, 0.3) is 20.3 Å². The van der Waals surface area contributed by atoms with Gasteiger partial charge in [0.1, 0.15) is 0 Å². The topological polar surface area (TPSA) is 92.3 Å². The van der Waals surface area contributed by atoms with E-state index in [-0.39, 0.29) is 21.4 Å². The van der Waals surface area contributed by atoms with Gasteiger partial charge in [0, 0.05) is 6.04 Å². The zero-order valence-electron chi connectivity index (χ0n) is 14.5. The van der Waals surface area contributed by atoms with Gasteiger partial charge in [-0.15, -0.1) is 21.5 Å². The minimum atomic E-state index is -3.85. The number of thiophene rings is 1. The SMILES string of the molecule is Cc1ccc2c(c1)C[C@H](C)N2S(=O)(=O)c1nnc(NC(=O)c2cccs2)s1. The van der Waals surface area contributed by atoms with E-state index < -0.39 is 10.0 Å². The fourth-order valence-corrected chi connectivity index (χ4v) is 6.40. The number of hydrogen-bond acceptors (Lipinski definition) is 7. The van der Waals surface area contributed by atoms with E-state index >= 15 is 0 Å². The lowest BCUT2D eigenvalue weighted by Gasteiger charge is -2.22. The molecule has 1 atom stereocenters. The second-order valence-electron chi connectivity index (χ2n) is 6.29. The molecule has 0 aliphatic carbocycles. The highest BCUT2D eigenvalue weighted by atomic mass is 32.2. The molecule has 7 nitrogen and oxygen atoms in total. The zero-order valence-corrected chi connectivity index (χ0v) is 17.0. The van der Waals surface area contributed by atoms with E-state index in [0.717, 1.165) is 22.5 Å². The van der Waals surface area contributed by atoms with E-state index in [0.29, 0.717) is 17.0 Å². The average molecular weight is 421 g/mol. The summed E-state index contributed by atoms with van der Waals surface area (Å²) in [6.07, 6.45) is 0.650. The number of sulfonamides is 1. The third-order valence-corrected chi connectivity index (χ3v) is 8.22. The molecule has 1 aromatic carbocycles. The van der Waals surface area contributed by atoms with E-state index in [2.05, 4.69) is 15.5 Å². The Balaban J connectivity index is 1.62. The van der Waals surface area contributed by atoms with Gasteiger partial charge in [0.05, 0.1) is 10.6 Å². The first-order valence-electron chi connectivity index (χ1n) is 8.18. The van der Waals surface area contributed by atoms with Crippen LogP contribution in [0.2, 0.25) is 0 Å². The first-order chi connectivity index (χ1) is 12.9. The molecule has 1 N–H and O–H groups in total. The summed E-state index contributed by atoms with van der Waals surface area (Å²) in [6.45, 7) is 3.85. The highest BCUT2D eigenvalue weighted by Gasteiger charge is 2.38. The fraction of sp³-hybridized carbons (Fsp3) is 0.235. The van der Waals surface area contributed by atoms with Crippen LogP contribution in [0.15, 0.2) is 40.1 Å². The molecule has 140 valence electrons. The molecule has 0 fully saturated rings. The van der Waals surface area contributed by atoms with E-state index in [1.807, 2.05) is 32.0 Å². The average Bonchev–Trinajstić information content (AvgIpc) is 3.33. The van der Waals surface area contributed by atoms with Gasteiger partial charge in [0.15, 0.2) is 0 Å². The van der Waals surface area contributed by atoms with Crippen LogP contribution in [0.25, 0.3) is 0 Å². The van der Waals surface area contributed by atoms with E-state index in [1.165, 1.54) is 15.6 Å². The standard InChI is InChI=1S/C17H16N4O3S3/c1-10-5-6-13-12(8-10)9-11(2)21(13)27(23,24)17-20-19-16(26-17)18-15(22)14-4-3-7-25-14/h3-8,11H,9H2,1-2H3,(H,18,19,22)/t11-/m0/s1. The number of aromatic nitrogens is 2. The number of nitrogens with zero attached hydrogens (tertiary/aromatic N) is 3. The predicted octanol–water partition coefficient (Wildman–Crippen LogP) is 3.30. The lowest BCUT2D eigenvalue weighted by molar-refractivity contribution is 0.103. The molecule has 1 aliphatic heterocycles. The summed E-state index contributed by atoms with van der Waals surface area (Å²) in [4.78, 5) is 12.6. The number of rotatable bonds is 4. The van der Waals surface area contributed by atoms with Crippen LogP contribution in [0.5, 0.6) is 0 Å². The van der Waals surface area contributed by atoms with Gasteiger partial charge < -0.3 is 0 Å². The summed E-state index contributed by atoms with van der Waals surface area (Å²) in [5.74, 6) is -0.333. The van der Waals surface area contributed by atoms with Crippen LogP contribution in [-0.4, -0.2) is 30.6 Å². The van der Waals surface area contributed by atoms with Crippen molar-refractivity contribution in [1.29, 1.82) is 0 Å². The summed E-state index contributed by atoms with van der Waals surface area (Å²) in [5.41, 5.74) is 2.77. The maximum absolute atomic E-state index is 13.1. The number of hydrogen-bond donors (Lipinski definition) is 1. The van der Waals surface area contributed by atoms with Gasteiger partial charge in [-0.1, -0.05) is 35.1 Å². The molecule has 3 aromatic rings. The molecule has 10 heteroatoms. The van der Waals surface area contributed by atoms with Crippen molar-refractivity contribution in [3.8, 4) is 0 Å². The van der Waals surface area contributed by atoms with Crippen LogP contribution < -0.4 is 9.62 Å². The van der Waals surface area contributed by atoms with Crippen molar-refractivity contribution < 1.29 is 13.2 Å². The number of carbonyl (C=O) groups is 1. The van der Waals surface area contributed by atoms with E-state index in [9.17, 15) is 13.2 Å². The first-order valence-corrected chi connectivity index (χ1v) is 11.3. The first kappa shape index (κ1) is 18.1. The molecule has 4 rings (SSSR count). The number of aryl methyl sites for hydroxylation is 1. The molecule has 0 bridgehead atoms. The molecular formula is C17H16N4O3S3. The summed E-state index contributed by atoms with van der Waals surface area (Å²) < 4.78 is 27.5. The molecule has 2 aromatic heterocycles. The van der Waals surface area contributed by atoms with Gasteiger partial charge in [-0.25, -0.2) is 0 Å². The summed E-state index contributed by atoms with van der Waals surface area (Å²) in [6, 6.07) is 8.97. The van der Waals surface area contributed by atoms with Gasteiger partial charge in [-0.2, -0.15) is 8.42 Å². The Kier molecular flexibility index (Phi) is 4.49. The molecule has 3 heterocycles. The number of benzene rings is 1. The monoisotopic (exact) mass is 420 g/mol. The van der Waals surface area contributed by atoms with Crippen molar-refractivity contribution in [2.24, 2.45) is 0 Å². The normalized spacial score (nSPS) is 16.4. The highest BCUT2D eigenvalue weighted by Crippen LogP contribution is 2.38. The van der Waals surface area contributed by atoms with Gasteiger partial charge in [0.2, 0.25) is 5.13 Å². The zero-order chi connectivity index (χ0) is 19.2. The molecule has 0 unspecified atom stereocenters. The Morgan fingerprint density at radius 3 is 2.85 bits per heavy atom. The van der Waals surface area contributed by atoms with E-state index in [1.54, 1.807) is 17.5 Å². The molecule has 1 aliphatic rings. The Labute approximate surface area is 164 Å². The second-order valence-corrected chi connectivity index (χ2v) is 10.2. The lowest BCUT2D eigenvalue weighted by Crippen LogP contribution is -2.35. The van der Waals surface area contributed by atoms with Crippen molar-refractivity contribution in [2.75, 3.05) is 9.62 Å². The molecule has 1 amide bonds. The van der Waals surface area contributed by atoms with Gasteiger partial charge in [-0.05, 0) is 43.3 Å². The minimum Gasteiger partial charge on any atom is -0.296 e. The van der Waals surface area contributed by atoms with Crippen molar-refractivity contribution >= 4 is 49.4 Å². The number of carbonyl (C=O) groups excluding carboxylic acids is 1. The Bertz CT molecular complexity index is 1110. The van der Waals surface area contributed by atoms with Crippen LogP contribution in [0.3, 0.4) is 0 Å². The van der Waals surface area contributed by atoms with Crippen LogP contribution in [-0.2, 0) is 16.4 Å². The fourth-order valence-electron chi connectivity index (χ4n) is 3.11. The summed E-state index contributed by atoms with van der Waals surface area (Å²) >= 11 is 2.15. The largest absolute Gasteiger partial charge is 0.296 e. The third-order valence-electron chi connectivity index (χ3n) is 4.24. The van der Waals surface area contributed by atoms with Crippen LogP contribution in [0.4, 0.5) is 10.8 Å². The number of amides is 1. The molecule has 0 spiro atoms. The molecule has 27 heavy (non-hydrogen) atoms. The molecule has 0 saturated heterocycles. The van der Waals surface area contributed by atoms with Crippen molar-refractivity contribution in [2.45, 2.75) is 30.6 Å². The van der Waals surface area contributed by atoms with E-state index in [4.69, 9.17) is 0 Å². The Hall–Kier alpha value is -2.30. The Morgan fingerprint density at radius 1 is 1.30 bits per heavy atom. The van der Waals surface area contributed by atoms with Crippen molar-refractivity contribution in [3.05, 3.63) is 51.7 Å². The van der Waals surface area contributed by atoms with Gasteiger partial charge >= 0.3 is 0 Å². The predicted molar refractivity (Wildman–Crippen MR) is 106 cm³/mol. The van der Waals surface area contributed by atoms with Crippen molar-refractivity contribution in [1.82, 2.24) is 10.2 Å². The third kappa shape index (κ3) is 3.24. The van der Waals surface area contributed by atoms with Crippen LogP contribution >= 0.6 is 22.7 Å². The van der Waals surface area contributed by atoms with Crippen LogP contribution in [0, 0.1) is 6.92 Å². The van der Waals surface area contributed by atoms with Gasteiger partial charge in [-0.3, -0.25) is 14.4 Å². The number of fused-ring (bicyclic) bond motifs is 1.